The molecule has 4 nitrogen and oxygen atoms in total. The first-order valence-corrected chi connectivity index (χ1v) is 6.28. The van der Waals surface area contributed by atoms with Gasteiger partial charge in [-0.2, -0.15) is 0 Å². The van der Waals surface area contributed by atoms with Gasteiger partial charge in [-0.15, -0.1) is 0 Å². The summed E-state index contributed by atoms with van der Waals surface area (Å²) in [6.07, 6.45) is 1.18. The van der Waals surface area contributed by atoms with Crippen molar-refractivity contribution in [3.8, 4) is 0 Å². The minimum atomic E-state index is 0.270. The molecule has 2 saturated heterocycles. The number of nitrogens with zero attached hydrogens (tertiary/aromatic N) is 2. The second kappa shape index (κ2) is 4.72. The van der Waals surface area contributed by atoms with Gasteiger partial charge in [0, 0.05) is 38.8 Å². The number of hydrogen-bond donors (Lipinski definition) is 1. The third kappa shape index (κ3) is 2.38. The van der Waals surface area contributed by atoms with Crippen LogP contribution in [0.2, 0.25) is 0 Å². The van der Waals surface area contributed by atoms with E-state index in [2.05, 4.69) is 24.1 Å². The molecule has 2 rings (SSSR count). The van der Waals surface area contributed by atoms with Crippen LogP contribution < -0.4 is 5.32 Å². The normalized spacial score (nSPS) is 32.0. The first kappa shape index (κ1) is 11.9. The molecule has 2 unspecified atom stereocenters. The summed E-state index contributed by atoms with van der Waals surface area (Å²) < 4.78 is 0. The van der Waals surface area contributed by atoms with Crippen molar-refractivity contribution in [1.29, 1.82) is 0 Å². The summed E-state index contributed by atoms with van der Waals surface area (Å²) in [6.45, 7) is 8.04. The highest BCUT2D eigenvalue weighted by molar-refractivity contribution is 5.79. The van der Waals surface area contributed by atoms with Crippen LogP contribution in [-0.4, -0.2) is 61.0 Å². The number of likely N-dealkylation sites (N-methyl/N-ethyl adjacent to an activating group) is 1. The van der Waals surface area contributed by atoms with Crippen LogP contribution in [0.25, 0.3) is 0 Å². The predicted octanol–water partition coefficient (Wildman–Crippen LogP) is 0.147. The monoisotopic (exact) mass is 225 g/mol. The van der Waals surface area contributed by atoms with Crippen molar-refractivity contribution in [2.24, 2.45) is 5.92 Å². The molecule has 0 radical (unpaired) electrons. The molecule has 1 N–H and O–H groups in total. The van der Waals surface area contributed by atoms with E-state index in [1.165, 1.54) is 6.42 Å². The SMILES string of the molecule is CC(C)CC1CNCC2CN(C)C(=O)CN12. The molecule has 4 heteroatoms. The predicted molar refractivity (Wildman–Crippen MR) is 64.2 cm³/mol. The topological polar surface area (TPSA) is 35.6 Å². The van der Waals surface area contributed by atoms with Crippen molar-refractivity contribution < 1.29 is 4.79 Å². The maximum absolute atomic E-state index is 11.7. The maximum atomic E-state index is 11.7. The molecule has 0 aromatic carbocycles. The van der Waals surface area contributed by atoms with Gasteiger partial charge in [0.05, 0.1) is 6.54 Å². The van der Waals surface area contributed by atoms with Gasteiger partial charge in [0.15, 0.2) is 0 Å². The third-order valence-corrected chi connectivity index (χ3v) is 3.67. The first-order valence-electron chi connectivity index (χ1n) is 6.28. The summed E-state index contributed by atoms with van der Waals surface area (Å²) in [6, 6.07) is 1.05. The summed E-state index contributed by atoms with van der Waals surface area (Å²) >= 11 is 0. The molecule has 2 aliphatic heterocycles. The smallest absolute Gasteiger partial charge is 0.236 e. The zero-order valence-corrected chi connectivity index (χ0v) is 10.6. The fraction of sp³-hybridized carbons (Fsp3) is 0.917. The number of piperazine rings is 2. The Hall–Kier alpha value is -0.610. The lowest BCUT2D eigenvalue weighted by Crippen LogP contribution is -2.66. The lowest BCUT2D eigenvalue weighted by molar-refractivity contribution is -0.139. The molecule has 0 aromatic rings. The number of nitrogens with one attached hydrogen (secondary N) is 1. The molecule has 0 aliphatic carbocycles. The van der Waals surface area contributed by atoms with Crippen LogP contribution in [-0.2, 0) is 4.79 Å². The van der Waals surface area contributed by atoms with Gasteiger partial charge in [0.25, 0.3) is 0 Å². The Morgan fingerprint density at radius 2 is 2.19 bits per heavy atom. The minimum Gasteiger partial charge on any atom is -0.343 e. The van der Waals surface area contributed by atoms with Crippen LogP contribution in [0, 0.1) is 5.92 Å². The zero-order chi connectivity index (χ0) is 11.7. The Labute approximate surface area is 98.0 Å². The van der Waals surface area contributed by atoms with E-state index in [0.717, 1.165) is 19.6 Å². The average molecular weight is 225 g/mol. The molecular formula is C12H23N3O. The minimum absolute atomic E-state index is 0.270. The second-order valence-electron chi connectivity index (χ2n) is 5.54. The quantitative estimate of drug-likeness (QED) is 0.726. The molecular weight excluding hydrogens is 202 g/mol. The highest BCUT2D eigenvalue weighted by Crippen LogP contribution is 2.20. The van der Waals surface area contributed by atoms with Crippen molar-refractivity contribution in [3.63, 3.8) is 0 Å². The number of carbonyl (C=O) groups excluding carboxylic acids is 1. The van der Waals surface area contributed by atoms with E-state index >= 15 is 0 Å². The Bertz CT molecular complexity index is 267. The van der Waals surface area contributed by atoms with E-state index < -0.39 is 0 Å². The Morgan fingerprint density at radius 1 is 1.44 bits per heavy atom. The average Bonchev–Trinajstić information content (AvgIpc) is 2.20. The number of fused-ring (bicyclic) bond motifs is 1. The highest BCUT2D eigenvalue weighted by atomic mass is 16.2. The van der Waals surface area contributed by atoms with E-state index in [0.29, 0.717) is 24.5 Å². The van der Waals surface area contributed by atoms with Crippen molar-refractivity contribution in [2.75, 3.05) is 33.2 Å². The molecule has 16 heavy (non-hydrogen) atoms. The fourth-order valence-corrected chi connectivity index (χ4v) is 2.83. The molecule has 0 spiro atoms. The van der Waals surface area contributed by atoms with Crippen LogP contribution in [0.15, 0.2) is 0 Å². The van der Waals surface area contributed by atoms with Crippen LogP contribution in [0.3, 0.4) is 0 Å². The summed E-state index contributed by atoms with van der Waals surface area (Å²) in [7, 11) is 1.91. The number of hydrogen-bond acceptors (Lipinski definition) is 3. The van der Waals surface area contributed by atoms with Crippen molar-refractivity contribution in [2.45, 2.75) is 32.4 Å². The molecule has 0 bridgehead atoms. The molecule has 2 fully saturated rings. The van der Waals surface area contributed by atoms with Crippen molar-refractivity contribution in [1.82, 2.24) is 15.1 Å². The summed E-state index contributed by atoms with van der Waals surface area (Å²) in [5.41, 5.74) is 0. The van der Waals surface area contributed by atoms with Crippen LogP contribution in [0.1, 0.15) is 20.3 Å². The Morgan fingerprint density at radius 3 is 2.88 bits per heavy atom. The van der Waals surface area contributed by atoms with Crippen LogP contribution >= 0.6 is 0 Å². The molecule has 92 valence electrons. The molecule has 0 aromatic heterocycles. The fourth-order valence-electron chi connectivity index (χ4n) is 2.83. The zero-order valence-electron chi connectivity index (χ0n) is 10.6. The second-order valence-corrected chi connectivity index (χ2v) is 5.54. The van der Waals surface area contributed by atoms with Gasteiger partial charge in [0.2, 0.25) is 5.91 Å². The van der Waals surface area contributed by atoms with Crippen LogP contribution in [0.5, 0.6) is 0 Å². The standard InChI is InChI=1S/C12H23N3O/c1-9(2)4-10-5-13-6-11-7-14(3)12(16)8-15(10)11/h9-11,13H,4-8H2,1-3H3. The number of rotatable bonds is 2. The summed E-state index contributed by atoms with van der Waals surface area (Å²) in [4.78, 5) is 16.0. The lowest BCUT2D eigenvalue weighted by atomic mass is 9.96. The lowest BCUT2D eigenvalue weighted by Gasteiger charge is -2.47. The van der Waals surface area contributed by atoms with Crippen molar-refractivity contribution >= 4 is 5.91 Å². The number of amides is 1. The van der Waals surface area contributed by atoms with Gasteiger partial charge in [-0.25, -0.2) is 0 Å². The molecule has 0 saturated carbocycles. The Balaban J connectivity index is 2.03. The first-order chi connectivity index (χ1) is 7.58. The molecule has 2 atom stereocenters. The van der Waals surface area contributed by atoms with Gasteiger partial charge >= 0.3 is 0 Å². The summed E-state index contributed by atoms with van der Waals surface area (Å²) in [5, 5.41) is 3.50. The Kier molecular flexibility index (Phi) is 3.50. The van der Waals surface area contributed by atoms with Gasteiger partial charge in [-0.05, 0) is 12.3 Å². The van der Waals surface area contributed by atoms with E-state index in [1.807, 2.05) is 11.9 Å². The largest absolute Gasteiger partial charge is 0.343 e. The van der Waals surface area contributed by atoms with Crippen LogP contribution in [0.4, 0.5) is 0 Å². The molecule has 2 aliphatic rings. The van der Waals surface area contributed by atoms with Crippen molar-refractivity contribution in [3.05, 3.63) is 0 Å². The van der Waals surface area contributed by atoms with Gasteiger partial charge < -0.3 is 10.2 Å². The van der Waals surface area contributed by atoms with E-state index in [1.54, 1.807) is 0 Å². The van der Waals surface area contributed by atoms with E-state index in [9.17, 15) is 4.79 Å². The van der Waals surface area contributed by atoms with E-state index in [4.69, 9.17) is 0 Å². The van der Waals surface area contributed by atoms with E-state index in [-0.39, 0.29) is 5.91 Å². The van der Waals surface area contributed by atoms with Gasteiger partial charge in [-0.3, -0.25) is 9.69 Å². The summed E-state index contributed by atoms with van der Waals surface area (Å²) in [5.74, 6) is 0.965. The maximum Gasteiger partial charge on any atom is 0.236 e. The molecule has 1 amide bonds. The molecule has 2 heterocycles. The highest BCUT2D eigenvalue weighted by Gasteiger charge is 2.37. The van der Waals surface area contributed by atoms with Gasteiger partial charge in [-0.1, -0.05) is 13.8 Å². The van der Waals surface area contributed by atoms with Gasteiger partial charge in [0.1, 0.15) is 0 Å². The third-order valence-electron chi connectivity index (χ3n) is 3.67. The number of carbonyl (C=O) groups is 1.